The maximum atomic E-state index is 12.4. The molecule has 0 radical (unpaired) electrons. The number of para-hydroxylation sites is 1. The molecule has 2 atom stereocenters. The van der Waals surface area contributed by atoms with Gasteiger partial charge in [-0.2, -0.15) is 0 Å². The highest BCUT2D eigenvalue weighted by Crippen LogP contribution is 2.23. The second kappa shape index (κ2) is 8.52. The van der Waals surface area contributed by atoms with Crippen LogP contribution >= 0.6 is 0 Å². The van der Waals surface area contributed by atoms with Crippen LogP contribution in [-0.4, -0.2) is 18.0 Å². The van der Waals surface area contributed by atoms with Gasteiger partial charge in [-0.3, -0.25) is 4.79 Å². The molecular formula is C21H25N3O2. The first-order valence-corrected chi connectivity index (χ1v) is 9.14. The topological polar surface area (TPSA) is 70.2 Å². The number of rotatable bonds is 4. The van der Waals surface area contributed by atoms with Gasteiger partial charge >= 0.3 is 6.03 Å². The molecule has 2 aromatic rings. The summed E-state index contributed by atoms with van der Waals surface area (Å²) in [5.74, 6) is 0.619. The van der Waals surface area contributed by atoms with E-state index in [1.807, 2.05) is 30.3 Å². The smallest absolute Gasteiger partial charge is 0.323 e. The zero-order valence-electron chi connectivity index (χ0n) is 15.0. The van der Waals surface area contributed by atoms with Crippen LogP contribution in [0.25, 0.3) is 0 Å². The van der Waals surface area contributed by atoms with E-state index in [0.717, 1.165) is 18.5 Å². The summed E-state index contributed by atoms with van der Waals surface area (Å²) < 4.78 is 0. The van der Waals surface area contributed by atoms with E-state index in [1.54, 1.807) is 24.3 Å². The lowest BCUT2D eigenvalue weighted by molar-refractivity contribution is 0.0921. The van der Waals surface area contributed by atoms with Gasteiger partial charge < -0.3 is 16.0 Å². The van der Waals surface area contributed by atoms with Gasteiger partial charge in [-0.15, -0.1) is 0 Å². The van der Waals surface area contributed by atoms with Crippen LogP contribution in [-0.2, 0) is 0 Å². The van der Waals surface area contributed by atoms with Crippen LogP contribution in [0.15, 0.2) is 54.6 Å². The molecule has 136 valence electrons. The van der Waals surface area contributed by atoms with E-state index in [2.05, 4.69) is 22.9 Å². The Hall–Kier alpha value is -2.82. The van der Waals surface area contributed by atoms with E-state index < -0.39 is 0 Å². The van der Waals surface area contributed by atoms with Gasteiger partial charge in [-0.1, -0.05) is 38.0 Å². The molecule has 0 saturated heterocycles. The third-order valence-corrected chi connectivity index (χ3v) is 4.71. The van der Waals surface area contributed by atoms with Crippen LogP contribution in [0.2, 0.25) is 0 Å². The van der Waals surface area contributed by atoms with E-state index in [9.17, 15) is 9.59 Å². The number of carbonyl (C=O) groups is 2. The SMILES string of the molecule is CC1CCCC(NC(=O)c2ccc(NC(=O)Nc3ccccc3)cc2)C1. The predicted molar refractivity (Wildman–Crippen MR) is 104 cm³/mol. The van der Waals surface area contributed by atoms with Gasteiger partial charge in [0.05, 0.1) is 0 Å². The van der Waals surface area contributed by atoms with Gasteiger partial charge in [-0.25, -0.2) is 4.79 Å². The van der Waals surface area contributed by atoms with Crippen LogP contribution < -0.4 is 16.0 Å². The van der Waals surface area contributed by atoms with Gasteiger partial charge in [0.1, 0.15) is 0 Å². The van der Waals surface area contributed by atoms with Gasteiger partial charge in [0, 0.05) is 23.0 Å². The Morgan fingerprint density at radius 2 is 1.54 bits per heavy atom. The quantitative estimate of drug-likeness (QED) is 0.751. The fraction of sp³-hybridized carbons (Fsp3) is 0.333. The molecule has 1 fully saturated rings. The average Bonchev–Trinajstić information content (AvgIpc) is 2.63. The normalized spacial score (nSPS) is 19.4. The van der Waals surface area contributed by atoms with Crippen molar-refractivity contribution in [3.63, 3.8) is 0 Å². The molecule has 0 spiro atoms. The Bertz CT molecular complexity index is 744. The van der Waals surface area contributed by atoms with Crippen LogP contribution in [0, 0.1) is 5.92 Å². The number of hydrogen-bond donors (Lipinski definition) is 3. The lowest BCUT2D eigenvalue weighted by atomic mass is 9.87. The Morgan fingerprint density at radius 3 is 2.19 bits per heavy atom. The zero-order valence-corrected chi connectivity index (χ0v) is 15.0. The summed E-state index contributed by atoms with van der Waals surface area (Å²) in [5, 5.41) is 8.64. The molecule has 2 aromatic carbocycles. The van der Waals surface area contributed by atoms with Gasteiger partial charge in [0.15, 0.2) is 0 Å². The van der Waals surface area contributed by atoms with Gasteiger partial charge in [0.2, 0.25) is 0 Å². The van der Waals surface area contributed by atoms with Crippen molar-refractivity contribution in [1.29, 1.82) is 0 Å². The Balaban J connectivity index is 1.52. The van der Waals surface area contributed by atoms with Gasteiger partial charge in [-0.05, 0) is 55.2 Å². The van der Waals surface area contributed by atoms with Crippen molar-refractivity contribution in [2.75, 3.05) is 10.6 Å². The largest absolute Gasteiger partial charge is 0.349 e. The molecule has 1 saturated carbocycles. The lowest BCUT2D eigenvalue weighted by Gasteiger charge is -2.27. The molecule has 3 N–H and O–H groups in total. The number of amides is 3. The number of hydrogen-bond acceptors (Lipinski definition) is 2. The third-order valence-electron chi connectivity index (χ3n) is 4.71. The molecule has 1 aliphatic carbocycles. The monoisotopic (exact) mass is 351 g/mol. The molecule has 0 bridgehead atoms. The Labute approximate surface area is 154 Å². The first-order chi connectivity index (χ1) is 12.6. The van der Waals surface area contributed by atoms with E-state index in [1.165, 1.54) is 12.8 Å². The highest BCUT2D eigenvalue weighted by Gasteiger charge is 2.20. The standard InChI is InChI=1S/C21H25N3O2/c1-15-6-5-9-19(14-15)22-20(25)16-10-12-18(13-11-16)24-21(26)23-17-7-3-2-4-8-17/h2-4,7-8,10-13,15,19H,5-6,9,14H2,1H3,(H,22,25)(H2,23,24,26). The summed E-state index contributed by atoms with van der Waals surface area (Å²) in [6.45, 7) is 2.24. The van der Waals surface area contributed by atoms with Crippen LogP contribution in [0.1, 0.15) is 43.0 Å². The van der Waals surface area contributed by atoms with Crippen LogP contribution in [0.4, 0.5) is 16.2 Å². The number of benzene rings is 2. The molecular weight excluding hydrogens is 326 g/mol. The number of nitrogens with one attached hydrogen (secondary N) is 3. The molecule has 3 rings (SSSR count). The molecule has 26 heavy (non-hydrogen) atoms. The highest BCUT2D eigenvalue weighted by atomic mass is 16.2. The third kappa shape index (κ3) is 5.09. The van der Waals surface area contributed by atoms with Crippen LogP contribution in [0.5, 0.6) is 0 Å². The fourth-order valence-corrected chi connectivity index (χ4v) is 3.35. The van der Waals surface area contributed by atoms with Crippen LogP contribution in [0.3, 0.4) is 0 Å². The van der Waals surface area contributed by atoms with E-state index in [0.29, 0.717) is 17.2 Å². The minimum atomic E-state index is -0.315. The maximum absolute atomic E-state index is 12.4. The zero-order chi connectivity index (χ0) is 18.4. The van der Waals surface area contributed by atoms with Crippen molar-refractivity contribution in [3.05, 3.63) is 60.2 Å². The molecule has 0 aromatic heterocycles. The van der Waals surface area contributed by atoms with Gasteiger partial charge in [0.25, 0.3) is 5.91 Å². The number of anilines is 2. The number of urea groups is 1. The minimum Gasteiger partial charge on any atom is -0.349 e. The Kier molecular flexibility index (Phi) is 5.89. The average molecular weight is 351 g/mol. The lowest BCUT2D eigenvalue weighted by Crippen LogP contribution is -2.37. The summed E-state index contributed by atoms with van der Waals surface area (Å²) in [4.78, 5) is 24.4. The number of carbonyl (C=O) groups excluding carboxylic acids is 2. The minimum absolute atomic E-state index is 0.0515. The van der Waals surface area contributed by atoms with E-state index in [-0.39, 0.29) is 18.0 Å². The fourth-order valence-electron chi connectivity index (χ4n) is 3.35. The summed E-state index contributed by atoms with van der Waals surface area (Å²) in [6.07, 6.45) is 4.52. The van der Waals surface area contributed by atoms with Crippen molar-refractivity contribution in [1.82, 2.24) is 5.32 Å². The summed E-state index contributed by atoms with van der Waals surface area (Å²) in [5.41, 5.74) is 1.97. The molecule has 2 unspecified atom stereocenters. The van der Waals surface area contributed by atoms with E-state index in [4.69, 9.17) is 0 Å². The Morgan fingerprint density at radius 1 is 0.885 bits per heavy atom. The first-order valence-electron chi connectivity index (χ1n) is 9.14. The second-order valence-corrected chi connectivity index (χ2v) is 6.96. The van der Waals surface area contributed by atoms with Crippen molar-refractivity contribution in [2.45, 2.75) is 38.6 Å². The van der Waals surface area contributed by atoms with Crippen molar-refractivity contribution in [3.8, 4) is 0 Å². The highest BCUT2D eigenvalue weighted by molar-refractivity contribution is 6.00. The maximum Gasteiger partial charge on any atom is 0.323 e. The van der Waals surface area contributed by atoms with Crippen molar-refractivity contribution in [2.24, 2.45) is 5.92 Å². The van der Waals surface area contributed by atoms with Crippen molar-refractivity contribution >= 4 is 23.3 Å². The molecule has 0 aliphatic heterocycles. The predicted octanol–water partition coefficient (Wildman–Crippen LogP) is 4.64. The molecule has 1 aliphatic rings. The molecule has 0 heterocycles. The summed E-state index contributed by atoms with van der Waals surface area (Å²) in [6, 6.07) is 16.1. The molecule has 5 heteroatoms. The first kappa shape index (κ1) is 18.0. The van der Waals surface area contributed by atoms with E-state index >= 15 is 0 Å². The summed E-state index contributed by atoms with van der Waals surface area (Å²) >= 11 is 0. The second-order valence-electron chi connectivity index (χ2n) is 6.96. The summed E-state index contributed by atoms with van der Waals surface area (Å²) in [7, 11) is 0. The van der Waals surface area contributed by atoms with Crippen molar-refractivity contribution < 1.29 is 9.59 Å². The molecule has 5 nitrogen and oxygen atoms in total. The molecule has 3 amide bonds.